The summed E-state index contributed by atoms with van der Waals surface area (Å²) in [7, 11) is 0. The lowest BCUT2D eigenvalue weighted by molar-refractivity contribution is 0.0288. The van der Waals surface area contributed by atoms with Crippen LogP contribution in [0.2, 0.25) is 0 Å². The maximum absolute atomic E-state index is 5.76. The first kappa shape index (κ1) is 13.3. The van der Waals surface area contributed by atoms with Crippen molar-refractivity contribution >= 4 is 0 Å². The average Bonchev–Trinajstić information content (AvgIpc) is 2.75. The Morgan fingerprint density at radius 3 is 2.75 bits per heavy atom. The normalized spacial score (nSPS) is 13.2. The number of rotatable bonds is 8. The van der Waals surface area contributed by atoms with E-state index in [9.17, 15) is 0 Å². The van der Waals surface area contributed by atoms with Gasteiger partial charge in [-0.15, -0.1) is 0 Å². The summed E-state index contributed by atoms with van der Waals surface area (Å²) in [5.74, 6) is 1.57. The van der Waals surface area contributed by atoms with Crippen LogP contribution in [0.25, 0.3) is 0 Å². The zero-order valence-corrected chi connectivity index (χ0v) is 10.5. The fraction of sp³-hybridized carbons (Fsp3) is 0.692. The summed E-state index contributed by atoms with van der Waals surface area (Å²) in [4.78, 5) is 0. The molecule has 1 rings (SSSR count). The van der Waals surface area contributed by atoms with Gasteiger partial charge in [0, 0.05) is 6.54 Å². The van der Waals surface area contributed by atoms with Gasteiger partial charge in [-0.3, -0.25) is 0 Å². The van der Waals surface area contributed by atoms with Crippen LogP contribution in [0.15, 0.2) is 22.8 Å². The van der Waals surface area contributed by atoms with Crippen molar-refractivity contribution in [3.63, 3.8) is 0 Å². The molecule has 3 nitrogen and oxygen atoms in total. The predicted molar refractivity (Wildman–Crippen MR) is 65.3 cm³/mol. The minimum Gasteiger partial charge on any atom is -0.467 e. The molecule has 0 spiro atoms. The van der Waals surface area contributed by atoms with Crippen LogP contribution in [-0.2, 0) is 11.3 Å². The minimum atomic E-state index is 0.267. The molecule has 0 aliphatic rings. The zero-order valence-electron chi connectivity index (χ0n) is 10.5. The molecule has 1 N–H and O–H groups in total. The van der Waals surface area contributed by atoms with Gasteiger partial charge in [0.2, 0.25) is 0 Å². The van der Waals surface area contributed by atoms with Crippen LogP contribution in [0.4, 0.5) is 0 Å². The lowest BCUT2D eigenvalue weighted by Gasteiger charge is -2.17. The van der Waals surface area contributed by atoms with Crippen molar-refractivity contribution in [1.82, 2.24) is 5.32 Å². The molecule has 0 aromatic carbocycles. The molecule has 92 valence electrons. The van der Waals surface area contributed by atoms with Crippen molar-refractivity contribution in [2.75, 3.05) is 13.1 Å². The summed E-state index contributed by atoms with van der Waals surface area (Å²) in [6.07, 6.45) is 2.96. The van der Waals surface area contributed by atoms with E-state index in [0.717, 1.165) is 25.3 Å². The second kappa shape index (κ2) is 7.47. The third kappa shape index (κ3) is 5.33. The van der Waals surface area contributed by atoms with Gasteiger partial charge in [0.1, 0.15) is 12.4 Å². The van der Waals surface area contributed by atoms with Gasteiger partial charge in [-0.05, 0) is 31.0 Å². The predicted octanol–water partition coefficient (Wildman–Crippen LogP) is 2.82. The van der Waals surface area contributed by atoms with E-state index < -0.39 is 0 Å². The van der Waals surface area contributed by atoms with E-state index in [2.05, 4.69) is 26.1 Å². The van der Waals surface area contributed by atoms with Crippen molar-refractivity contribution in [2.24, 2.45) is 5.92 Å². The Kier molecular flexibility index (Phi) is 6.19. The first-order valence-corrected chi connectivity index (χ1v) is 6.07. The molecular weight excluding hydrogens is 202 g/mol. The van der Waals surface area contributed by atoms with Gasteiger partial charge in [-0.1, -0.05) is 20.8 Å². The van der Waals surface area contributed by atoms with Crippen molar-refractivity contribution in [2.45, 2.75) is 39.9 Å². The number of ether oxygens (including phenoxy) is 1. The van der Waals surface area contributed by atoms with E-state index >= 15 is 0 Å². The van der Waals surface area contributed by atoms with Crippen LogP contribution in [0.5, 0.6) is 0 Å². The molecule has 16 heavy (non-hydrogen) atoms. The Hall–Kier alpha value is -0.800. The zero-order chi connectivity index (χ0) is 11.8. The molecule has 0 radical (unpaired) electrons. The van der Waals surface area contributed by atoms with Crippen LogP contribution in [0, 0.1) is 5.92 Å². The highest BCUT2D eigenvalue weighted by atomic mass is 16.5. The molecule has 0 bridgehead atoms. The van der Waals surface area contributed by atoms with Gasteiger partial charge in [0.15, 0.2) is 0 Å². The van der Waals surface area contributed by atoms with Crippen LogP contribution in [-0.4, -0.2) is 19.2 Å². The largest absolute Gasteiger partial charge is 0.467 e. The van der Waals surface area contributed by atoms with Crippen LogP contribution in [0.1, 0.15) is 33.0 Å². The Bertz CT molecular complexity index is 257. The standard InChI is InChI=1S/C13H23NO2/c1-4-12(9-14-8-11(2)3)16-10-13-6-5-7-15-13/h5-7,11-12,14H,4,8-10H2,1-3H3. The summed E-state index contributed by atoms with van der Waals surface area (Å²) in [6.45, 7) is 9.07. The van der Waals surface area contributed by atoms with Crippen molar-refractivity contribution < 1.29 is 9.15 Å². The van der Waals surface area contributed by atoms with Crippen molar-refractivity contribution in [3.8, 4) is 0 Å². The Morgan fingerprint density at radius 2 is 2.19 bits per heavy atom. The Labute approximate surface area is 98.2 Å². The van der Waals surface area contributed by atoms with Gasteiger partial charge < -0.3 is 14.5 Å². The molecule has 0 aliphatic carbocycles. The van der Waals surface area contributed by atoms with Gasteiger partial charge >= 0.3 is 0 Å². The molecule has 1 aromatic heterocycles. The number of nitrogens with one attached hydrogen (secondary N) is 1. The van der Waals surface area contributed by atoms with E-state index in [1.807, 2.05) is 12.1 Å². The Balaban J connectivity index is 2.16. The number of hydrogen-bond donors (Lipinski definition) is 1. The summed E-state index contributed by atoms with van der Waals surface area (Å²) in [5, 5.41) is 3.41. The van der Waals surface area contributed by atoms with E-state index in [-0.39, 0.29) is 6.10 Å². The van der Waals surface area contributed by atoms with Crippen molar-refractivity contribution in [1.29, 1.82) is 0 Å². The molecule has 1 atom stereocenters. The highest BCUT2D eigenvalue weighted by molar-refractivity contribution is 4.96. The second-order valence-corrected chi connectivity index (χ2v) is 4.47. The van der Waals surface area contributed by atoms with Crippen molar-refractivity contribution in [3.05, 3.63) is 24.2 Å². The van der Waals surface area contributed by atoms with E-state index in [1.165, 1.54) is 0 Å². The maximum Gasteiger partial charge on any atom is 0.129 e. The third-order valence-electron chi connectivity index (χ3n) is 2.42. The summed E-state index contributed by atoms with van der Waals surface area (Å²) < 4.78 is 11.0. The van der Waals surface area contributed by atoms with E-state index in [0.29, 0.717) is 12.5 Å². The first-order chi connectivity index (χ1) is 7.72. The van der Waals surface area contributed by atoms with Gasteiger partial charge in [-0.2, -0.15) is 0 Å². The molecule has 0 amide bonds. The summed E-state index contributed by atoms with van der Waals surface area (Å²) in [6, 6.07) is 3.82. The quantitative estimate of drug-likeness (QED) is 0.738. The average molecular weight is 225 g/mol. The van der Waals surface area contributed by atoms with E-state index in [1.54, 1.807) is 6.26 Å². The SMILES string of the molecule is CCC(CNCC(C)C)OCc1ccco1. The van der Waals surface area contributed by atoms with Crippen LogP contribution in [0.3, 0.4) is 0 Å². The molecule has 1 unspecified atom stereocenters. The lowest BCUT2D eigenvalue weighted by atomic mass is 10.2. The van der Waals surface area contributed by atoms with Gasteiger partial charge in [0.25, 0.3) is 0 Å². The van der Waals surface area contributed by atoms with E-state index in [4.69, 9.17) is 9.15 Å². The Morgan fingerprint density at radius 1 is 1.38 bits per heavy atom. The van der Waals surface area contributed by atoms with Crippen LogP contribution >= 0.6 is 0 Å². The summed E-state index contributed by atoms with van der Waals surface area (Å²) in [5.41, 5.74) is 0. The molecule has 0 aliphatic heterocycles. The third-order valence-corrected chi connectivity index (χ3v) is 2.42. The molecule has 0 saturated carbocycles. The molecule has 3 heteroatoms. The second-order valence-electron chi connectivity index (χ2n) is 4.47. The van der Waals surface area contributed by atoms with Gasteiger partial charge in [0.05, 0.1) is 12.4 Å². The number of furan rings is 1. The molecule has 1 heterocycles. The highest BCUT2D eigenvalue weighted by Crippen LogP contribution is 2.06. The smallest absolute Gasteiger partial charge is 0.129 e. The highest BCUT2D eigenvalue weighted by Gasteiger charge is 2.07. The van der Waals surface area contributed by atoms with Gasteiger partial charge in [-0.25, -0.2) is 0 Å². The first-order valence-electron chi connectivity index (χ1n) is 6.07. The summed E-state index contributed by atoms with van der Waals surface area (Å²) >= 11 is 0. The molecule has 1 aromatic rings. The monoisotopic (exact) mass is 225 g/mol. The molecule has 0 fully saturated rings. The maximum atomic E-state index is 5.76. The number of hydrogen-bond acceptors (Lipinski definition) is 3. The fourth-order valence-corrected chi connectivity index (χ4v) is 1.45. The van der Waals surface area contributed by atoms with Crippen LogP contribution < -0.4 is 5.32 Å². The molecular formula is C13H23NO2. The fourth-order valence-electron chi connectivity index (χ4n) is 1.45. The minimum absolute atomic E-state index is 0.267. The topological polar surface area (TPSA) is 34.4 Å². The lowest BCUT2D eigenvalue weighted by Crippen LogP contribution is -2.31. The molecule has 0 saturated heterocycles.